The Morgan fingerprint density at radius 1 is 1.08 bits per heavy atom. The molecule has 25 heavy (non-hydrogen) atoms. The smallest absolute Gasteiger partial charge is 0.0972 e. The molecule has 0 radical (unpaired) electrons. The van der Waals surface area contributed by atoms with Crippen molar-refractivity contribution in [2.75, 3.05) is 20.2 Å². The maximum atomic E-state index is 9.04. The highest BCUT2D eigenvalue weighted by Crippen LogP contribution is 2.26. The van der Waals surface area contributed by atoms with Crippen molar-refractivity contribution in [1.29, 1.82) is 0 Å². The first kappa shape index (κ1) is 17.7. The number of halogens is 1. The van der Waals surface area contributed by atoms with E-state index >= 15 is 0 Å². The molecule has 3 rings (SSSR count). The first-order chi connectivity index (χ1) is 12.2. The van der Waals surface area contributed by atoms with Gasteiger partial charge in [-0.05, 0) is 37.7 Å². The summed E-state index contributed by atoms with van der Waals surface area (Å²) in [5.41, 5.74) is 4.18. The molecule has 0 aliphatic carbocycles. The fraction of sp³-hybridized carbons (Fsp3) is 0.250. The SMILES string of the molecule is CN(CCCO)Cc1cn(-c2ccccc2)nc1-c1ccc(Cl)cc1. The van der Waals surface area contributed by atoms with Crippen LogP contribution in [0.5, 0.6) is 0 Å². The Bertz CT molecular complexity index is 800. The summed E-state index contributed by atoms with van der Waals surface area (Å²) in [5.74, 6) is 0. The molecule has 0 saturated heterocycles. The molecule has 0 unspecified atom stereocenters. The van der Waals surface area contributed by atoms with Crippen molar-refractivity contribution in [3.05, 3.63) is 71.4 Å². The third kappa shape index (κ3) is 4.48. The molecule has 0 amide bonds. The molecule has 0 saturated carbocycles. The molecular formula is C20H22ClN3O. The van der Waals surface area contributed by atoms with Gasteiger partial charge in [0.2, 0.25) is 0 Å². The number of rotatable bonds is 7. The fourth-order valence-corrected chi connectivity index (χ4v) is 2.93. The van der Waals surface area contributed by atoms with Gasteiger partial charge in [-0.15, -0.1) is 0 Å². The van der Waals surface area contributed by atoms with Gasteiger partial charge in [-0.2, -0.15) is 5.10 Å². The molecule has 5 heteroatoms. The Hall–Kier alpha value is -2.14. The molecule has 3 aromatic rings. The third-order valence-electron chi connectivity index (χ3n) is 4.07. The molecule has 0 spiro atoms. The maximum absolute atomic E-state index is 9.04. The van der Waals surface area contributed by atoms with E-state index in [1.54, 1.807) is 0 Å². The Balaban J connectivity index is 1.96. The first-order valence-corrected chi connectivity index (χ1v) is 8.74. The van der Waals surface area contributed by atoms with Crippen LogP contribution >= 0.6 is 11.6 Å². The zero-order chi connectivity index (χ0) is 17.6. The first-order valence-electron chi connectivity index (χ1n) is 8.36. The molecule has 130 valence electrons. The Kier molecular flexibility index (Phi) is 5.87. The van der Waals surface area contributed by atoms with Gasteiger partial charge < -0.3 is 10.0 Å². The standard InChI is InChI=1S/C20H22ClN3O/c1-23(12-5-13-25)14-17-15-24(19-6-3-2-4-7-19)22-20(17)16-8-10-18(21)11-9-16/h2-4,6-11,15,25H,5,12-14H2,1H3. The lowest BCUT2D eigenvalue weighted by atomic mass is 10.1. The maximum Gasteiger partial charge on any atom is 0.0972 e. The summed E-state index contributed by atoms with van der Waals surface area (Å²) in [4.78, 5) is 2.20. The summed E-state index contributed by atoms with van der Waals surface area (Å²) in [6, 6.07) is 17.9. The van der Waals surface area contributed by atoms with Gasteiger partial charge in [0.15, 0.2) is 0 Å². The van der Waals surface area contributed by atoms with Gasteiger partial charge in [0.1, 0.15) is 0 Å². The number of hydrogen-bond donors (Lipinski definition) is 1. The van der Waals surface area contributed by atoms with Crippen molar-refractivity contribution in [2.45, 2.75) is 13.0 Å². The number of para-hydroxylation sites is 1. The number of aliphatic hydroxyl groups excluding tert-OH is 1. The average molecular weight is 356 g/mol. The van der Waals surface area contributed by atoms with Crippen LogP contribution in [0.2, 0.25) is 5.02 Å². The highest BCUT2D eigenvalue weighted by atomic mass is 35.5. The number of hydrogen-bond acceptors (Lipinski definition) is 3. The van der Waals surface area contributed by atoms with E-state index in [9.17, 15) is 0 Å². The van der Waals surface area contributed by atoms with Crippen LogP contribution in [0.4, 0.5) is 0 Å². The highest BCUT2D eigenvalue weighted by molar-refractivity contribution is 6.30. The van der Waals surface area contributed by atoms with Gasteiger partial charge in [-0.25, -0.2) is 4.68 Å². The molecule has 0 bridgehead atoms. The van der Waals surface area contributed by atoms with Gasteiger partial charge in [0.05, 0.1) is 11.4 Å². The van der Waals surface area contributed by atoms with E-state index in [0.717, 1.165) is 42.0 Å². The van der Waals surface area contributed by atoms with Gasteiger partial charge in [-0.1, -0.05) is 41.9 Å². The number of benzene rings is 2. The van der Waals surface area contributed by atoms with E-state index in [-0.39, 0.29) is 6.61 Å². The minimum Gasteiger partial charge on any atom is -0.396 e. The van der Waals surface area contributed by atoms with E-state index in [1.165, 1.54) is 0 Å². The fourth-order valence-electron chi connectivity index (χ4n) is 2.80. The molecular weight excluding hydrogens is 334 g/mol. The topological polar surface area (TPSA) is 41.3 Å². The van der Waals surface area contributed by atoms with E-state index in [1.807, 2.05) is 59.3 Å². The van der Waals surface area contributed by atoms with Crippen molar-refractivity contribution in [3.8, 4) is 16.9 Å². The van der Waals surface area contributed by atoms with Crippen molar-refractivity contribution in [2.24, 2.45) is 0 Å². The summed E-state index contributed by atoms with van der Waals surface area (Å²) in [6.07, 6.45) is 2.84. The van der Waals surface area contributed by atoms with Crippen LogP contribution in [0.15, 0.2) is 60.8 Å². The van der Waals surface area contributed by atoms with Crippen LogP contribution in [-0.4, -0.2) is 40.0 Å². The second-order valence-electron chi connectivity index (χ2n) is 6.10. The van der Waals surface area contributed by atoms with E-state index in [2.05, 4.69) is 18.1 Å². The van der Waals surface area contributed by atoms with Crippen molar-refractivity contribution in [1.82, 2.24) is 14.7 Å². The van der Waals surface area contributed by atoms with Crippen LogP contribution in [0.1, 0.15) is 12.0 Å². The van der Waals surface area contributed by atoms with Crippen molar-refractivity contribution < 1.29 is 5.11 Å². The Morgan fingerprint density at radius 2 is 1.80 bits per heavy atom. The van der Waals surface area contributed by atoms with Gasteiger partial charge in [0, 0.05) is 42.0 Å². The van der Waals surface area contributed by atoms with Crippen LogP contribution in [0, 0.1) is 0 Å². The quantitative estimate of drug-likeness (QED) is 0.696. The number of aromatic nitrogens is 2. The van der Waals surface area contributed by atoms with E-state index in [0.29, 0.717) is 5.02 Å². The molecule has 1 heterocycles. The molecule has 0 aliphatic rings. The largest absolute Gasteiger partial charge is 0.396 e. The van der Waals surface area contributed by atoms with Crippen LogP contribution in [0.25, 0.3) is 16.9 Å². The van der Waals surface area contributed by atoms with Gasteiger partial charge >= 0.3 is 0 Å². The molecule has 0 atom stereocenters. The van der Waals surface area contributed by atoms with E-state index in [4.69, 9.17) is 21.8 Å². The lowest BCUT2D eigenvalue weighted by Crippen LogP contribution is -2.20. The molecule has 1 N–H and O–H groups in total. The second-order valence-corrected chi connectivity index (χ2v) is 6.54. The Labute approximate surface area is 153 Å². The van der Waals surface area contributed by atoms with Gasteiger partial charge in [-0.3, -0.25) is 0 Å². The predicted molar refractivity (Wildman–Crippen MR) is 102 cm³/mol. The minimum absolute atomic E-state index is 0.206. The lowest BCUT2D eigenvalue weighted by Gasteiger charge is -2.15. The van der Waals surface area contributed by atoms with Gasteiger partial charge in [0.25, 0.3) is 0 Å². The van der Waals surface area contributed by atoms with Crippen LogP contribution < -0.4 is 0 Å². The predicted octanol–water partition coefficient (Wildman–Crippen LogP) is 4.01. The number of nitrogens with zero attached hydrogens (tertiary/aromatic N) is 3. The monoisotopic (exact) mass is 355 g/mol. The Morgan fingerprint density at radius 3 is 2.48 bits per heavy atom. The zero-order valence-corrected chi connectivity index (χ0v) is 15.0. The molecule has 0 aliphatic heterocycles. The molecule has 1 aromatic heterocycles. The van der Waals surface area contributed by atoms with Crippen LogP contribution in [-0.2, 0) is 6.54 Å². The molecule has 2 aromatic carbocycles. The van der Waals surface area contributed by atoms with Crippen molar-refractivity contribution in [3.63, 3.8) is 0 Å². The lowest BCUT2D eigenvalue weighted by molar-refractivity contribution is 0.244. The number of aliphatic hydroxyl groups is 1. The van der Waals surface area contributed by atoms with E-state index < -0.39 is 0 Å². The summed E-state index contributed by atoms with van der Waals surface area (Å²) >= 11 is 6.02. The highest BCUT2D eigenvalue weighted by Gasteiger charge is 2.14. The average Bonchev–Trinajstić information content (AvgIpc) is 3.05. The zero-order valence-electron chi connectivity index (χ0n) is 14.3. The third-order valence-corrected chi connectivity index (χ3v) is 4.32. The summed E-state index contributed by atoms with van der Waals surface area (Å²) in [7, 11) is 2.06. The molecule has 0 fully saturated rings. The summed E-state index contributed by atoms with van der Waals surface area (Å²) in [6.45, 7) is 1.82. The normalized spacial score (nSPS) is 11.2. The van der Waals surface area contributed by atoms with Crippen molar-refractivity contribution >= 4 is 11.6 Å². The van der Waals surface area contributed by atoms with Crippen LogP contribution in [0.3, 0.4) is 0 Å². The minimum atomic E-state index is 0.206. The summed E-state index contributed by atoms with van der Waals surface area (Å²) in [5, 5.41) is 14.6. The summed E-state index contributed by atoms with van der Waals surface area (Å²) < 4.78 is 1.92. The molecule has 4 nitrogen and oxygen atoms in total. The second kappa shape index (κ2) is 8.30.